The summed E-state index contributed by atoms with van der Waals surface area (Å²) in [6.07, 6.45) is -0.909. The number of rotatable bonds is 13. The highest BCUT2D eigenvalue weighted by atomic mass is 35.5. The van der Waals surface area contributed by atoms with Crippen LogP contribution in [0, 0.1) is 31.4 Å². The smallest absolute Gasteiger partial charge is 0.338 e. The van der Waals surface area contributed by atoms with E-state index in [0.717, 1.165) is 16.7 Å². The molecule has 0 amide bonds. The summed E-state index contributed by atoms with van der Waals surface area (Å²) < 4.78 is 64.0. The average molecular weight is 926 g/mol. The van der Waals surface area contributed by atoms with Crippen molar-refractivity contribution in [2.75, 3.05) is 14.4 Å². The van der Waals surface area contributed by atoms with Crippen LogP contribution in [0.2, 0.25) is 10.0 Å². The summed E-state index contributed by atoms with van der Waals surface area (Å²) in [6, 6.07) is 39.5. The van der Waals surface area contributed by atoms with E-state index in [1.165, 1.54) is 42.3 Å². The molecule has 3 atom stereocenters. The van der Waals surface area contributed by atoms with E-state index in [0.29, 0.717) is 51.1 Å². The monoisotopic (exact) mass is 924 g/mol. The number of aliphatic hydroxyl groups is 1. The number of carbonyl (C=O) groups excluding carboxylic acids is 1. The number of esters is 1. The second kappa shape index (κ2) is 28.7. The molecule has 0 saturated heterocycles. The first kappa shape index (κ1) is 54.3. The minimum Gasteiger partial charge on any atom is -0.489 e. The van der Waals surface area contributed by atoms with Crippen molar-refractivity contribution in [1.29, 1.82) is 0 Å². The molecule has 0 radical (unpaired) electrons. The van der Waals surface area contributed by atoms with Gasteiger partial charge in [-0.05, 0) is 87.2 Å². The Kier molecular flexibility index (Phi) is 24.4. The molecule has 0 spiro atoms. The van der Waals surface area contributed by atoms with Crippen molar-refractivity contribution in [1.82, 2.24) is 0 Å². The van der Waals surface area contributed by atoms with Crippen molar-refractivity contribution in [3.63, 3.8) is 0 Å². The van der Waals surface area contributed by atoms with Crippen molar-refractivity contribution in [2.24, 2.45) is 5.92 Å². The molecule has 64 heavy (non-hydrogen) atoms. The molecular weight excluding hydrogens is 871 g/mol. The van der Waals surface area contributed by atoms with Gasteiger partial charge in [0.15, 0.2) is 0 Å². The summed E-state index contributed by atoms with van der Waals surface area (Å²) in [7, 11) is 1.00. The third kappa shape index (κ3) is 18.5. The molecule has 0 aromatic heterocycles. The molecule has 0 bridgehead atoms. The van der Waals surface area contributed by atoms with Crippen LogP contribution in [-0.2, 0) is 29.2 Å². The van der Waals surface area contributed by atoms with Gasteiger partial charge < -0.3 is 24.4 Å². The van der Waals surface area contributed by atoms with Crippen LogP contribution in [0.4, 0.5) is 17.6 Å². The highest BCUT2D eigenvalue weighted by Gasteiger charge is 2.21. The predicted molar refractivity (Wildman–Crippen MR) is 246 cm³/mol. The molecule has 7 nitrogen and oxygen atoms in total. The molecule has 0 aliphatic carbocycles. The van der Waals surface area contributed by atoms with Crippen LogP contribution in [0.25, 0.3) is 0 Å². The van der Waals surface area contributed by atoms with Gasteiger partial charge in [-0.25, -0.2) is 13.6 Å². The van der Waals surface area contributed by atoms with Crippen LogP contribution in [0.3, 0.4) is 0 Å². The van der Waals surface area contributed by atoms with Crippen molar-refractivity contribution in [3.05, 3.63) is 200 Å². The van der Waals surface area contributed by atoms with Gasteiger partial charge in [-0.2, -0.15) is 0 Å². The Balaban J connectivity index is 0.000000352. The Bertz CT molecular complexity index is 2290. The van der Waals surface area contributed by atoms with Crippen molar-refractivity contribution >= 4 is 35.1 Å². The number of hydrogen-bond acceptors (Lipinski definition) is 6. The number of carboxylic acid groups (broad SMARTS) is 1. The lowest BCUT2D eigenvalue weighted by molar-refractivity contribution is -0.153. The molecule has 13 heteroatoms. The highest BCUT2D eigenvalue weighted by Crippen LogP contribution is 2.27. The zero-order chi connectivity index (χ0) is 47.8. The topological polar surface area (TPSA) is 102 Å². The van der Waals surface area contributed by atoms with E-state index in [1.807, 2.05) is 99.6 Å². The fraction of sp³-hybridized carbons (Fsp3) is 0.255. The molecule has 6 rings (SSSR count). The zero-order valence-electron chi connectivity index (χ0n) is 36.8. The molecule has 2 N–H and O–H groups in total. The lowest BCUT2D eigenvalue weighted by atomic mass is 10.0. The van der Waals surface area contributed by atoms with Gasteiger partial charge in [0.1, 0.15) is 42.5 Å². The SMILES string of the molecule is CF.CF.Cc1ccc(COc2ccc(C(C)O)c(F)c2)cc1.Cc1ccc(COc2ccc(C(C)OC(=O)C(C)Cc3ccccc3)c(F)c2)cc1.O=C(O)c1c(Cl)cccc1Cl. The van der Waals surface area contributed by atoms with Gasteiger partial charge in [0.05, 0.1) is 42.0 Å². The Hall–Kier alpha value is -5.88. The quantitative estimate of drug-likeness (QED) is 0.0878. The van der Waals surface area contributed by atoms with Gasteiger partial charge in [-0.3, -0.25) is 13.6 Å². The van der Waals surface area contributed by atoms with Crippen LogP contribution in [0.5, 0.6) is 11.5 Å². The molecule has 3 unspecified atom stereocenters. The Labute approximate surface area is 383 Å². The largest absolute Gasteiger partial charge is 0.489 e. The van der Waals surface area contributed by atoms with Gasteiger partial charge in [0.2, 0.25) is 0 Å². The lowest BCUT2D eigenvalue weighted by Crippen LogP contribution is -2.19. The molecular formula is C51H54Cl2F4O7. The minimum absolute atomic E-state index is 0.0455. The Morgan fingerprint density at radius 1 is 0.594 bits per heavy atom. The standard InChI is InChI=1S/C26H27FO3.C16H17FO2.C7H4Cl2O2.2CH3F/c1-18-9-11-22(12-10-18)17-29-23-13-14-24(25(27)16-23)20(3)30-26(28)19(2)15-21-7-5-4-6-8-21;1-11-3-5-13(6-4-11)10-19-14-7-8-15(12(2)18)16(17)9-14;8-4-2-1-3-5(9)6(4)7(10)11;2*1-2/h4-14,16,19-20H,15,17H2,1-3H3;3-9,12,18H,10H2,1-2H3;1-3H,(H,10,11);2*1H3. The summed E-state index contributed by atoms with van der Waals surface area (Å²) in [5.41, 5.74) is 6.05. The molecule has 6 aromatic rings. The minimum atomic E-state index is -1.11. The number of aliphatic hydroxyl groups excluding tert-OH is 1. The third-order valence-corrected chi connectivity index (χ3v) is 9.77. The van der Waals surface area contributed by atoms with E-state index in [4.69, 9.17) is 42.5 Å². The second-order valence-corrected chi connectivity index (χ2v) is 15.0. The lowest BCUT2D eigenvalue weighted by Gasteiger charge is -2.18. The molecule has 0 saturated carbocycles. The van der Waals surface area contributed by atoms with Gasteiger partial charge >= 0.3 is 11.9 Å². The van der Waals surface area contributed by atoms with Crippen LogP contribution in [0.15, 0.2) is 133 Å². The number of halogens is 6. The summed E-state index contributed by atoms with van der Waals surface area (Å²) in [6.45, 7) is 9.84. The van der Waals surface area contributed by atoms with Gasteiger partial charge in [-0.1, -0.05) is 126 Å². The molecule has 6 aromatic carbocycles. The Morgan fingerprint density at radius 3 is 1.42 bits per heavy atom. The van der Waals surface area contributed by atoms with Crippen molar-refractivity contribution in [3.8, 4) is 11.5 Å². The van der Waals surface area contributed by atoms with E-state index in [2.05, 4.69) is 0 Å². The summed E-state index contributed by atoms with van der Waals surface area (Å²) in [4.78, 5) is 22.9. The first-order chi connectivity index (χ1) is 30.6. The number of aryl methyl sites for hydroxylation is 2. The van der Waals surface area contributed by atoms with Gasteiger partial charge in [-0.15, -0.1) is 0 Å². The van der Waals surface area contributed by atoms with E-state index < -0.39 is 29.8 Å². The summed E-state index contributed by atoms with van der Waals surface area (Å²) >= 11 is 11.1. The normalized spacial score (nSPS) is 11.5. The number of ether oxygens (including phenoxy) is 3. The molecule has 0 heterocycles. The number of aromatic carboxylic acids is 1. The van der Waals surface area contributed by atoms with Crippen LogP contribution in [0.1, 0.15) is 82.3 Å². The predicted octanol–water partition coefficient (Wildman–Crippen LogP) is 13.8. The molecule has 0 aliphatic heterocycles. The van der Waals surface area contributed by atoms with E-state index in [1.54, 1.807) is 37.3 Å². The fourth-order valence-corrected chi connectivity index (χ4v) is 6.23. The second-order valence-electron chi connectivity index (χ2n) is 14.2. The number of hydrogen-bond donors (Lipinski definition) is 2. The number of carboxylic acids is 1. The molecule has 342 valence electrons. The number of benzene rings is 6. The van der Waals surface area contributed by atoms with Crippen LogP contribution < -0.4 is 9.47 Å². The average Bonchev–Trinajstić information content (AvgIpc) is 3.28. The molecule has 0 fully saturated rings. The number of carbonyl (C=O) groups is 2. The summed E-state index contributed by atoms with van der Waals surface area (Å²) in [5, 5.41) is 18.2. The van der Waals surface area contributed by atoms with Gasteiger partial charge in [0, 0.05) is 23.3 Å². The highest BCUT2D eigenvalue weighted by molar-refractivity contribution is 6.39. The summed E-state index contributed by atoms with van der Waals surface area (Å²) in [5.74, 6) is -1.76. The number of alkyl halides is 2. The van der Waals surface area contributed by atoms with E-state index in [-0.39, 0.29) is 33.1 Å². The van der Waals surface area contributed by atoms with E-state index >= 15 is 0 Å². The Morgan fingerprint density at radius 2 is 1.03 bits per heavy atom. The third-order valence-electron chi connectivity index (χ3n) is 9.14. The maximum Gasteiger partial charge on any atom is 0.338 e. The van der Waals surface area contributed by atoms with E-state index in [9.17, 15) is 32.3 Å². The maximum absolute atomic E-state index is 14.6. The van der Waals surface area contributed by atoms with Crippen molar-refractivity contribution in [2.45, 2.75) is 66.5 Å². The first-order valence-corrected chi connectivity index (χ1v) is 20.7. The molecule has 0 aliphatic rings. The zero-order valence-corrected chi connectivity index (χ0v) is 38.3. The maximum atomic E-state index is 14.6. The van der Waals surface area contributed by atoms with Crippen LogP contribution in [-0.4, -0.2) is 36.5 Å². The van der Waals surface area contributed by atoms with Crippen LogP contribution >= 0.6 is 23.2 Å². The van der Waals surface area contributed by atoms with Gasteiger partial charge in [0.25, 0.3) is 0 Å². The van der Waals surface area contributed by atoms with Crippen molar-refractivity contribution < 1.29 is 51.6 Å². The fourth-order valence-electron chi connectivity index (χ4n) is 5.67. The first-order valence-electron chi connectivity index (χ1n) is 19.9.